The average Bonchev–Trinajstić information content (AvgIpc) is 2.80. The summed E-state index contributed by atoms with van der Waals surface area (Å²) < 4.78 is 0. The van der Waals surface area contributed by atoms with Gasteiger partial charge in [0.15, 0.2) is 0 Å². The van der Waals surface area contributed by atoms with Crippen molar-refractivity contribution >= 4 is 11.6 Å². The van der Waals surface area contributed by atoms with Gasteiger partial charge in [0.25, 0.3) is 0 Å². The van der Waals surface area contributed by atoms with Crippen LogP contribution in [0.2, 0.25) is 0 Å². The molecule has 1 atom stereocenters. The molecule has 1 aromatic carbocycles. The number of carbonyl (C=O) groups is 1. The topological polar surface area (TPSA) is 46.3 Å². The van der Waals surface area contributed by atoms with Crippen LogP contribution in [0.15, 0.2) is 18.2 Å². The maximum absolute atomic E-state index is 12.2. The summed E-state index contributed by atoms with van der Waals surface area (Å²) in [6, 6.07) is 6.70. The third-order valence-corrected chi connectivity index (χ3v) is 3.96. The van der Waals surface area contributed by atoms with E-state index in [4.69, 9.17) is 5.73 Å². The van der Waals surface area contributed by atoms with Gasteiger partial charge in [-0.05, 0) is 36.5 Å². The van der Waals surface area contributed by atoms with Crippen LogP contribution in [-0.2, 0) is 17.6 Å². The molecule has 0 bridgehead atoms. The Bertz CT molecular complexity index is 482. The number of hydrogen-bond acceptors (Lipinski definition) is 2. The van der Waals surface area contributed by atoms with E-state index >= 15 is 0 Å². The van der Waals surface area contributed by atoms with Gasteiger partial charge in [-0.1, -0.05) is 39.3 Å². The quantitative estimate of drug-likeness (QED) is 0.897. The van der Waals surface area contributed by atoms with Crippen molar-refractivity contribution in [3.8, 4) is 0 Å². The minimum Gasteiger partial charge on any atom is -0.327 e. The van der Waals surface area contributed by atoms with E-state index in [1.807, 2.05) is 18.7 Å². The van der Waals surface area contributed by atoms with Gasteiger partial charge in [0.2, 0.25) is 5.91 Å². The molecule has 1 aromatic rings. The normalized spacial score (nSPS) is 15.6. The summed E-state index contributed by atoms with van der Waals surface area (Å²) in [5, 5.41) is 0. The van der Waals surface area contributed by atoms with E-state index in [1.54, 1.807) is 0 Å². The number of amides is 1. The molecule has 0 fully saturated rings. The molecule has 0 aliphatic carbocycles. The molecule has 0 spiro atoms. The second kappa shape index (κ2) is 6.40. The predicted molar refractivity (Wildman–Crippen MR) is 83.9 cm³/mol. The Kier molecular flexibility index (Phi) is 4.81. The second-order valence-corrected chi connectivity index (χ2v) is 6.11. The van der Waals surface area contributed by atoms with Crippen LogP contribution in [0.4, 0.5) is 5.69 Å². The second-order valence-electron chi connectivity index (χ2n) is 6.11. The summed E-state index contributed by atoms with van der Waals surface area (Å²) in [5.41, 5.74) is 9.79. The van der Waals surface area contributed by atoms with E-state index in [2.05, 4.69) is 25.1 Å². The van der Waals surface area contributed by atoms with Crippen LogP contribution < -0.4 is 10.6 Å². The summed E-state index contributed by atoms with van der Waals surface area (Å²) in [5.74, 6) is 0.276. The Morgan fingerprint density at radius 1 is 1.40 bits per heavy atom. The van der Waals surface area contributed by atoms with Crippen molar-refractivity contribution in [2.24, 2.45) is 11.7 Å². The summed E-state index contributed by atoms with van der Waals surface area (Å²) >= 11 is 0. The van der Waals surface area contributed by atoms with Gasteiger partial charge in [-0.15, -0.1) is 0 Å². The largest absolute Gasteiger partial charge is 0.327 e. The van der Waals surface area contributed by atoms with Crippen molar-refractivity contribution in [2.75, 3.05) is 11.4 Å². The summed E-state index contributed by atoms with van der Waals surface area (Å²) in [4.78, 5) is 14.1. The van der Waals surface area contributed by atoms with Gasteiger partial charge >= 0.3 is 0 Å². The number of fused-ring (bicyclic) bond motifs is 1. The predicted octanol–water partition coefficient (Wildman–Crippen LogP) is 2.90. The smallest absolute Gasteiger partial charge is 0.229 e. The fraction of sp³-hybridized carbons (Fsp3) is 0.588. The Balaban J connectivity index is 2.12. The molecule has 0 saturated carbocycles. The van der Waals surface area contributed by atoms with Crippen LogP contribution >= 0.6 is 0 Å². The SMILES string of the molecule is CCCC(N)Cc1ccc2c(c1)CCN2C(=O)C(C)C. The highest BCUT2D eigenvalue weighted by Crippen LogP contribution is 2.30. The zero-order valence-electron chi connectivity index (χ0n) is 12.9. The lowest BCUT2D eigenvalue weighted by molar-refractivity contribution is -0.121. The Morgan fingerprint density at radius 2 is 2.15 bits per heavy atom. The molecule has 1 aliphatic heterocycles. The molecule has 0 radical (unpaired) electrons. The van der Waals surface area contributed by atoms with Gasteiger partial charge in [-0.3, -0.25) is 4.79 Å². The highest BCUT2D eigenvalue weighted by molar-refractivity contribution is 5.96. The van der Waals surface area contributed by atoms with E-state index in [0.717, 1.165) is 37.9 Å². The molecule has 1 aliphatic rings. The molecule has 3 heteroatoms. The summed E-state index contributed by atoms with van der Waals surface area (Å²) in [6.07, 6.45) is 4.09. The zero-order valence-corrected chi connectivity index (χ0v) is 12.9. The minimum atomic E-state index is 0.0543. The standard InChI is InChI=1S/C17H26N2O/c1-4-5-15(18)11-13-6-7-16-14(10-13)8-9-19(16)17(20)12(2)3/h6-7,10,12,15H,4-5,8-9,11,18H2,1-3H3. The van der Waals surface area contributed by atoms with E-state index in [0.29, 0.717) is 0 Å². The van der Waals surface area contributed by atoms with E-state index < -0.39 is 0 Å². The molecule has 2 N–H and O–H groups in total. The van der Waals surface area contributed by atoms with Gasteiger partial charge in [-0.2, -0.15) is 0 Å². The van der Waals surface area contributed by atoms with Crippen molar-refractivity contribution < 1.29 is 4.79 Å². The number of benzene rings is 1. The molecule has 0 saturated heterocycles. The van der Waals surface area contributed by atoms with E-state index in [1.165, 1.54) is 11.1 Å². The Morgan fingerprint density at radius 3 is 2.80 bits per heavy atom. The van der Waals surface area contributed by atoms with Gasteiger partial charge in [0, 0.05) is 24.2 Å². The zero-order chi connectivity index (χ0) is 14.7. The molecule has 1 heterocycles. The Labute approximate surface area is 122 Å². The molecule has 3 nitrogen and oxygen atoms in total. The Hall–Kier alpha value is -1.35. The third kappa shape index (κ3) is 3.21. The number of rotatable bonds is 5. The molecular formula is C17H26N2O. The lowest BCUT2D eigenvalue weighted by Gasteiger charge is -2.20. The first-order valence-corrected chi connectivity index (χ1v) is 7.71. The van der Waals surface area contributed by atoms with Crippen molar-refractivity contribution in [1.29, 1.82) is 0 Å². The van der Waals surface area contributed by atoms with Crippen molar-refractivity contribution in [3.63, 3.8) is 0 Å². The van der Waals surface area contributed by atoms with Crippen molar-refractivity contribution in [2.45, 2.75) is 52.5 Å². The molecule has 1 amide bonds. The molecule has 0 aromatic heterocycles. The minimum absolute atomic E-state index is 0.0543. The number of nitrogens with zero attached hydrogens (tertiary/aromatic N) is 1. The summed E-state index contributed by atoms with van der Waals surface area (Å²) in [6.45, 7) is 6.89. The molecular weight excluding hydrogens is 248 g/mol. The van der Waals surface area contributed by atoms with Gasteiger partial charge in [-0.25, -0.2) is 0 Å². The van der Waals surface area contributed by atoms with Crippen molar-refractivity contribution in [3.05, 3.63) is 29.3 Å². The lowest BCUT2D eigenvalue weighted by Crippen LogP contribution is -2.32. The van der Waals surface area contributed by atoms with Gasteiger partial charge < -0.3 is 10.6 Å². The van der Waals surface area contributed by atoms with E-state index in [9.17, 15) is 4.79 Å². The highest BCUT2D eigenvalue weighted by atomic mass is 16.2. The van der Waals surface area contributed by atoms with Crippen LogP contribution in [0.5, 0.6) is 0 Å². The number of anilines is 1. The summed E-state index contributed by atoms with van der Waals surface area (Å²) in [7, 11) is 0. The number of hydrogen-bond donors (Lipinski definition) is 1. The fourth-order valence-corrected chi connectivity index (χ4v) is 2.90. The van der Waals surface area contributed by atoms with Gasteiger partial charge in [0.05, 0.1) is 0 Å². The lowest BCUT2D eigenvalue weighted by atomic mass is 10.00. The molecule has 20 heavy (non-hydrogen) atoms. The van der Waals surface area contributed by atoms with Crippen LogP contribution in [-0.4, -0.2) is 18.5 Å². The van der Waals surface area contributed by atoms with Crippen LogP contribution in [0.3, 0.4) is 0 Å². The monoisotopic (exact) mass is 274 g/mol. The highest BCUT2D eigenvalue weighted by Gasteiger charge is 2.26. The fourth-order valence-electron chi connectivity index (χ4n) is 2.90. The number of nitrogens with two attached hydrogens (primary N) is 1. The van der Waals surface area contributed by atoms with Crippen LogP contribution in [0.1, 0.15) is 44.7 Å². The first kappa shape index (κ1) is 15.0. The van der Waals surface area contributed by atoms with Crippen LogP contribution in [0, 0.1) is 5.92 Å². The van der Waals surface area contributed by atoms with Gasteiger partial charge in [0.1, 0.15) is 0 Å². The number of carbonyl (C=O) groups excluding carboxylic acids is 1. The maximum atomic E-state index is 12.2. The average molecular weight is 274 g/mol. The third-order valence-electron chi connectivity index (χ3n) is 3.96. The first-order chi connectivity index (χ1) is 9.52. The first-order valence-electron chi connectivity index (χ1n) is 7.71. The van der Waals surface area contributed by atoms with Crippen LogP contribution in [0.25, 0.3) is 0 Å². The molecule has 2 rings (SSSR count). The molecule has 1 unspecified atom stereocenters. The van der Waals surface area contributed by atoms with E-state index in [-0.39, 0.29) is 17.9 Å². The maximum Gasteiger partial charge on any atom is 0.229 e. The molecule has 110 valence electrons. The van der Waals surface area contributed by atoms with Crippen molar-refractivity contribution in [1.82, 2.24) is 0 Å².